The highest BCUT2D eigenvalue weighted by Gasteiger charge is 2.30. The predicted molar refractivity (Wildman–Crippen MR) is 79.9 cm³/mol. The lowest BCUT2D eigenvalue weighted by Gasteiger charge is -2.34. The molecule has 1 aromatic heterocycles. The summed E-state index contributed by atoms with van der Waals surface area (Å²) in [7, 11) is 0. The zero-order valence-corrected chi connectivity index (χ0v) is 13.2. The standard InChI is InChI=1S/C17H25NO2/c1-6-20-16(19)14-10-12-9-13(17(3,4)5)7-8-15(12)18-11(14)2/h10,13H,6-9H2,1-5H3. The molecule has 1 aliphatic rings. The van der Waals surface area contributed by atoms with Crippen LogP contribution in [0.25, 0.3) is 0 Å². The Bertz CT molecular complexity index is 514. The summed E-state index contributed by atoms with van der Waals surface area (Å²) in [4.78, 5) is 16.6. The molecule has 0 saturated heterocycles. The Labute approximate surface area is 121 Å². The first-order chi connectivity index (χ1) is 9.32. The minimum absolute atomic E-state index is 0.252. The van der Waals surface area contributed by atoms with Crippen molar-refractivity contribution in [1.29, 1.82) is 0 Å². The first kappa shape index (κ1) is 15.0. The lowest BCUT2D eigenvalue weighted by Crippen LogP contribution is -2.28. The Morgan fingerprint density at radius 1 is 1.45 bits per heavy atom. The van der Waals surface area contributed by atoms with Gasteiger partial charge in [0.05, 0.1) is 17.9 Å². The fraction of sp³-hybridized carbons (Fsp3) is 0.647. The molecule has 0 saturated carbocycles. The summed E-state index contributed by atoms with van der Waals surface area (Å²) in [5, 5.41) is 0. The fourth-order valence-corrected chi connectivity index (χ4v) is 2.92. The van der Waals surface area contributed by atoms with Gasteiger partial charge in [0, 0.05) is 5.69 Å². The molecule has 1 aliphatic carbocycles. The van der Waals surface area contributed by atoms with Crippen molar-refractivity contribution in [3.05, 3.63) is 28.6 Å². The number of fused-ring (bicyclic) bond motifs is 1. The van der Waals surface area contributed by atoms with E-state index in [0.717, 1.165) is 24.2 Å². The molecule has 2 rings (SSSR count). The van der Waals surface area contributed by atoms with Crippen LogP contribution in [0.3, 0.4) is 0 Å². The van der Waals surface area contributed by atoms with E-state index >= 15 is 0 Å². The highest BCUT2D eigenvalue weighted by molar-refractivity contribution is 5.90. The third kappa shape index (κ3) is 3.02. The number of esters is 1. The topological polar surface area (TPSA) is 39.2 Å². The monoisotopic (exact) mass is 275 g/mol. The quantitative estimate of drug-likeness (QED) is 0.772. The molecule has 0 spiro atoms. The van der Waals surface area contributed by atoms with Crippen molar-refractivity contribution >= 4 is 5.97 Å². The largest absolute Gasteiger partial charge is 0.462 e. The molecule has 110 valence electrons. The number of rotatable bonds is 2. The lowest BCUT2D eigenvalue weighted by atomic mass is 9.71. The number of aryl methyl sites for hydroxylation is 2. The number of carbonyl (C=O) groups excluding carboxylic acids is 1. The van der Waals surface area contributed by atoms with E-state index in [1.807, 2.05) is 19.9 Å². The van der Waals surface area contributed by atoms with E-state index in [1.165, 1.54) is 12.0 Å². The van der Waals surface area contributed by atoms with Crippen LogP contribution >= 0.6 is 0 Å². The maximum atomic E-state index is 12.0. The van der Waals surface area contributed by atoms with Crippen LogP contribution in [0.5, 0.6) is 0 Å². The summed E-state index contributed by atoms with van der Waals surface area (Å²) in [5.41, 5.74) is 4.10. The normalized spacial score (nSPS) is 18.6. The van der Waals surface area contributed by atoms with Gasteiger partial charge in [-0.05, 0) is 56.1 Å². The minimum Gasteiger partial charge on any atom is -0.462 e. The van der Waals surface area contributed by atoms with Crippen molar-refractivity contribution in [2.45, 2.75) is 53.9 Å². The van der Waals surface area contributed by atoms with Gasteiger partial charge < -0.3 is 4.74 Å². The molecule has 0 fully saturated rings. The van der Waals surface area contributed by atoms with Crippen molar-refractivity contribution in [2.24, 2.45) is 11.3 Å². The van der Waals surface area contributed by atoms with E-state index in [0.29, 0.717) is 23.5 Å². The van der Waals surface area contributed by atoms with Gasteiger partial charge in [0.15, 0.2) is 0 Å². The second-order valence-electron chi connectivity index (χ2n) is 6.75. The van der Waals surface area contributed by atoms with Gasteiger partial charge in [-0.2, -0.15) is 0 Å². The number of pyridine rings is 1. The summed E-state index contributed by atoms with van der Waals surface area (Å²) < 4.78 is 5.11. The molecule has 3 nitrogen and oxygen atoms in total. The number of hydrogen-bond donors (Lipinski definition) is 0. The Kier molecular flexibility index (Phi) is 4.17. The van der Waals surface area contributed by atoms with E-state index in [-0.39, 0.29) is 5.97 Å². The van der Waals surface area contributed by atoms with Crippen molar-refractivity contribution in [3.63, 3.8) is 0 Å². The zero-order valence-electron chi connectivity index (χ0n) is 13.2. The first-order valence-corrected chi connectivity index (χ1v) is 7.49. The summed E-state index contributed by atoms with van der Waals surface area (Å²) >= 11 is 0. The Morgan fingerprint density at radius 2 is 2.15 bits per heavy atom. The Balaban J connectivity index is 2.32. The molecule has 1 atom stereocenters. The van der Waals surface area contributed by atoms with Crippen molar-refractivity contribution < 1.29 is 9.53 Å². The SMILES string of the molecule is CCOC(=O)c1cc2c(nc1C)CCC(C(C)(C)C)C2. The van der Waals surface area contributed by atoms with Crippen LogP contribution in [0.2, 0.25) is 0 Å². The second kappa shape index (κ2) is 5.55. The van der Waals surface area contributed by atoms with Crippen LogP contribution in [0.4, 0.5) is 0 Å². The van der Waals surface area contributed by atoms with Crippen molar-refractivity contribution in [3.8, 4) is 0 Å². The van der Waals surface area contributed by atoms with Gasteiger partial charge in [-0.3, -0.25) is 4.98 Å². The van der Waals surface area contributed by atoms with Gasteiger partial charge in [-0.15, -0.1) is 0 Å². The molecule has 0 aliphatic heterocycles. The molecule has 0 radical (unpaired) electrons. The molecular formula is C17H25NO2. The molecule has 0 N–H and O–H groups in total. The highest BCUT2D eigenvalue weighted by Crippen LogP contribution is 2.37. The van der Waals surface area contributed by atoms with Crippen LogP contribution in [0.15, 0.2) is 6.07 Å². The molecular weight excluding hydrogens is 250 g/mol. The van der Waals surface area contributed by atoms with E-state index in [9.17, 15) is 4.79 Å². The van der Waals surface area contributed by atoms with Crippen LogP contribution < -0.4 is 0 Å². The lowest BCUT2D eigenvalue weighted by molar-refractivity contribution is 0.0524. The molecule has 3 heteroatoms. The zero-order chi connectivity index (χ0) is 14.9. The number of nitrogens with zero attached hydrogens (tertiary/aromatic N) is 1. The highest BCUT2D eigenvalue weighted by atomic mass is 16.5. The van der Waals surface area contributed by atoms with E-state index in [2.05, 4.69) is 25.8 Å². The van der Waals surface area contributed by atoms with Crippen LogP contribution in [-0.2, 0) is 17.6 Å². The maximum Gasteiger partial charge on any atom is 0.339 e. The molecule has 0 bridgehead atoms. The number of ether oxygens (including phenoxy) is 1. The summed E-state index contributed by atoms with van der Waals surface area (Å²) in [6, 6.07) is 2.01. The molecule has 1 unspecified atom stereocenters. The molecule has 1 aromatic rings. The molecule has 1 heterocycles. The maximum absolute atomic E-state index is 12.0. The Morgan fingerprint density at radius 3 is 2.75 bits per heavy atom. The van der Waals surface area contributed by atoms with Gasteiger partial charge in [0.1, 0.15) is 0 Å². The smallest absolute Gasteiger partial charge is 0.339 e. The molecule has 0 aromatic carbocycles. The van der Waals surface area contributed by atoms with E-state index < -0.39 is 0 Å². The summed E-state index contributed by atoms with van der Waals surface area (Å²) in [5.74, 6) is 0.396. The number of hydrogen-bond acceptors (Lipinski definition) is 3. The van der Waals surface area contributed by atoms with E-state index in [4.69, 9.17) is 4.74 Å². The third-order valence-electron chi connectivity index (χ3n) is 4.30. The Hall–Kier alpha value is -1.38. The number of aromatic nitrogens is 1. The third-order valence-corrected chi connectivity index (χ3v) is 4.30. The van der Waals surface area contributed by atoms with Gasteiger partial charge in [0.2, 0.25) is 0 Å². The van der Waals surface area contributed by atoms with Crippen LogP contribution in [-0.4, -0.2) is 17.6 Å². The van der Waals surface area contributed by atoms with Crippen LogP contribution in [0, 0.1) is 18.3 Å². The van der Waals surface area contributed by atoms with Gasteiger partial charge in [-0.25, -0.2) is 4.79 Å². The minimum atomic E-state index is -0.252. The van der Waals surface area contributed by atoms with Crippen molar-refractivity contribution in [1.82, 2.24) is 4.98 Å². The van der Waals surface area contributed by atoms with Gasteiger partial charge in [0.25, 0.3) is 0 Å². The van der Waals surface area contributed by atoms with Gasteiger partial charge >= 0.3 is 5.97 Å². The van der Waals surface area contributed by atoms with Crippen LogP contribution in [0.1, 0.15) is 61.4 Å². The molecule has 20 heavy (non-hydrogen) atoms. The van der Waals surface area contributed by atoms with Crippen molar-refractivity contribution in [2.75, 3.05) is 6.61 Å². The fourth-order valence-electron chi connectivity index (χ4n) is 2.92. The average molecular weight is 275 g/mol. The first-order valence-electron chi connectivity index (χ1n) is 7.49. The molecule has 0 amide bonds. The average Bonchev–Trinajstić information content (AvgIpc) is 2.36. The summed E-state index contributed by atoms with van der Waals surface area (Å²) in [6.45, 7) is 11.0. The second-order valence-corrected chi connectivity index (χ2v) is 6.75. The predicted octanol–water partition coefficient (Wildman–Crippen LogP) is 3.72. The number of carbonyl (C=O) groups is 1. The van der Waals surface area contributed by atoms with Gasteiger partial charge in [-0.1, -0.05) is 20.8 Å². The summed E-state index contributed by atoms with van der Waals surface area (Å²) in [6.07, 6.45) is 3.21. The van der Waals surface area contributed by atoms with E-state index in [1.54, 1.807) is 0 Å².